The van der Waals surface area contributed by atoms with Gasteiger partial charge in [-0.25, -0.2) is 0 Å². The number of aromatic amines is 1. The van der Waals surface area contributed by atoms with E-state index in [1.807, 2.05) is 18.5 Å². The Balaban J connectivity index is 1.53. The second kappa shape index (κ2) is 5.97. The van der Waals surface area contributed by atoms with E-state index < -0.39 is 0 Å². The van der Waals surface area contributed by atoms with Gasteiger partial charge in [0.15, 0.2) is 0 Å². The number of aromatic nitrogens is 3. The van der Waals surface area contributed by atoms with E-state index in [1.54, 1.807) is 0 Å². The van der Waals surface area contributed by atoms with Crippen LogP contribution in [0.3, 0.4) is 0 Å². The summed E-state index contributed by atoms with van der Waals surface area (Å²) in [6.07, 6.45) is 4.76. The van der Waals surface area contributed by atoms with Gasteiger partial charge in [-0.15, -0.1) is 0 Å². The first-order valence-corrected chi connectivity index (χ1v) is 8.04. The molecule has 4 nitrogen and oxygen atoms in total. The minimum absolute atomic E-state index is 0.970. The first-order chi connectivity index (χ1) is 11.3. The first-order valence-electron chi connectivity index (χ1n) is 8.04. The van der Waals surface area contributed by atoms with Crippen molar-refractivity contribution >= 4 is 0 Å². The Morgan fingerprint density at radius 3 is 2.96 bits per heavy atom. The summed E-state index contributed by atoms with van der Waals surface area (Å²) >= 11 is 0. The SMILES string of the molecule is Cc1[nH]nc2c1CN(Cc1cccc(-c3cccnc3)c1)CC2. The van der Waals surface area contributed by atoms with Gasteiger partial charge in [-0.3, -0.25) is 15.0 Å². The monoisotopic (exact) mass is 304 g/mol. The summed E-state index contributed by atoms with van der Waals surface area (Å²) in [7, 11) is 0. The highest BCUT2D eigenvalue weighted by atomic mass is 15.2. The predicted octanol–water partition coefficient (Wildman–Crippen LogP) is 3.34. The zero-order chi connectivity index (χ0) is 15.6. The molecule has 3 aromatic rings. The maximum atomic E-state index is 4.39. The number of hydrogen-bond acceptors (Lipinski definition) is 3. The van der Waals surface area contributed by atoms with Crippen molar-refractivity contribution in [3.05, 3.63) is 71.3 Å². The number of fused-ring (bicyclic) bond motifs is 1. The van der Waals surface area contributed by atoms with Crippen LogP contribution in [0, 0.1) is 6.92 Å². The van der Waals surface area contributed by atoms with Crippen molar-refractivity contribution in [3.8, 4) is 11.1 Å². The third kappa shape index (κ3) is 2.90. The number of nitrogens with one attached hydrogen (secondary N) is 1. The lowest BCUT2D eigenvalue weighted by atomic mass is 10.0. The topological polar surface area (TPSA) is 44.8 Å². The molecule has 0 bridgehead atoms. The lowest BCUT2D eigenvalue weighted by molar-refractivity contribution is 0.244. The zero-order valence-electron chi connectivity index (χ0n) is 13.3. The molecule has 1 aliphatic rings. The summed E-state index contributed by atoms with van der Waals surface area (Å²) in [5.74, 6) is 0. The minimum atomic E-state index is 0.970. The fourth-order valence-electron chi connectivity index (χ4n) is 3.26. The molecule has 0 amide bonds. The normalized spacial score (nSPS) is 14.7. The molecule has 3 heterocycles. The summed E-state index contributed by atoms with van der Waals surface area (Å²) in [5, 5.41) is 7.50. The van der Waals surface area contributed by atoms with Gasteiger partial charge in [0.05, 0.1) is 5.69 Å². The molecule has 0 spiro atoms. The van der Waals surface area contributed by atoms with Gasteiger partial charge in [0.1, 0.15) is 0 Å². The molecule has 2 aromatic heterocycles. The van der Waals surface area contributed by atoms with Crippen molar-refractivity contribution in [2.45, 2.75) is 26.4 Å². The summed E-state index contributed by atoms with van der Waals surface area (Å²) < 4.78 is 0. The van der Waals surface area contributed by atoms with E-state index in [9.17, 15) is 0 Å². The van der Waals surface area contributed by atoms with E-state index in [0.717, 1.165) is 26.1 Å². The molecule has 4 heteroatoms. The Labute approximate surface area is 136 Å². The molecule has 1 aliphatic heterocycles. The molecule has 0 fully saturated rings. The Kier molecular flexibility index (Phi) is 3.67. The highest BCUT2D eigenvalue weighted by molar-refractivity contribution is 5.62. The van der Waals surface area contributed by atoms with E-state index in [2.05, 4.69) is 57.3 Å². The number of pyridine rings is 1. The molecule has 116 valence electrons. The van der Waals surface area contributed by atoms with Crippen molar-refractivity contribution in [1.82, 2.24) is 20.1 Å². The lowest BCUT2D eigenvalue weighted by Crippen LogP contribution is -2.30. The van der Waals surface area contributed by atoms with Gasteiger partial charge in [0.25, 0.3) is 0 Å². The van der Waals surface area contributed by atoms with E-state index in [-0.39, 0.29) is 0 Å². The summed E-state index contributed by atoms with van der Waals surface area (Å²) in [6.45, 7) is 5.12. The molecule has 4 rings (SSSR count). The molecule has 0 atom stereocenters. The lowest BCUT2D eigenvalue weighted by Gasteiger charge is -2.26. The van der Waals surface area contributed by atoms with E-state index in [1.165, 1.54) is 33.6 Å². The smallest absolute Gasteiger partial charge is 0.0682 e. The number of nitrogens with zero attached hydrogens (tertiary/aromatic N) is 3. The highest BCUT2D eigenvalue weighted by Crippen LogP contribution is 2.23. The van der Waals surface area contributed by atoms with Gasteiger partial charge >= 0.3 is 0 Å². The second-order valence-electron chi connectivity index (χ2n) is 6.18. The molecule has 0 saturated heterocycles. The highest BCUT2D eigenvalue weighted by Gasteiger charge is 2.20. The van der Waals surface area contributed by atoms with Gasteiger partial charge in [-0.2, -0.15) is 5.10 Å². The fraction of sp³-hybridized carbons (Fsp3) is 0.263. The van der Waals surface area contributed by atoms with Gasteiger partial charge in [0.2, 0.25) is 0 Å². The van der Waals surface area contributed by atoms with Gasteiger partial charge in [-0.1, -0.05) is 24.3 Å². The van der Waals surface area contributed by atoms with Crippen molar-refractivity contribution < 1.29 is 0 Å². The Bertz CT molecular complexity index is 807. The number of benzene rings is 1. The summed E-state index contributed by atoms with van der Waals surface area (Å²) in [6, 6.07) is 12.8. The largest absolute Gasteiger partial charge is 0.294 e. The van der Waals surface area contributed by atoms with Crippen molar-refractivity contribution in [1.29, 1.82) is 0 Å². The molecule has 1 aromatic carbocycles. The van der Waals surface area contributed by atoms with Crippen molar-refractivity contribution in [3.63, 3.8) is 0 Å². The number of rotatable bonds is 3. The first kappa shape index (κ1) is 14.2. The van der Waals surface area contributed by atoms with Gasteiger partial charge in [-0.05, 0) is 35.7 Å². The standard InChI is InChI=1S/C19H20N4/c1-14-18-13-23(9-7-19(18)22-21-14)12-15-4-2-5-16(10-15)17-6-3-8-20-11-17/h2-6,8,10-11H,7,9,12-13H2,1H3,(H,21,22). The van der Waals surface area contributed by atoms with Crippen molar-refractivity contribution in [2.24, 2.45) is 0 Å². The van der Waals surface area contributed by atoms with Crippen LogP contribution >= 0.6 is 0 Å². The number of H-pyrrole nitrogens is 1. The maximum Gasteiger partial charge on any atom is 0.0682 e. The number of aryl methyl sites for hydroxylation is 1. The Hall–Kier alpha value is -2.46. The van der Waals surface area contributed by atoms with Gasteiger partial charge in [0, 0.05) is 49.7 Å². The molecule has 0 radical (unpaired) electrons. The molecule has 23 heavy (non-hydrogen) atoms. The van der Waals surface area contributed by atoms with Crippen LogP contribution in [0.15, 0.2) is 48.8 Å². The van der Waals surface area contributed by atoms with Crippen LogP contribution in [-0.2, 0) is 19.5 Å². The average molecular weight is 304 g/mol. The second-order valence-corrected chi connectivity index (χ2v) is 6.18. The quantitative estimate of drug-likeness (QED) is 0.807. The average Bonchev–Trinajstić information content (AvgIpc) is 2.97. The van der Waals surface area contributed by atoms with E-state index >= 15 is 0 Å². The fourth-order valence-corrected chi connectivity index (χ4v) is 3.26. The molecular formula is C19H20N4. The summed E-state index contributed by atoms with van der Waals surface area (Å²) in [4.78, 5) is 6.71. The van der Waals surface area contributed by atoms with Gasteiger partial charge < -0.3 is 0 Å². The van der Waals surface area contributed by atoms with Crippen LogP contribution < -0.4 is 0 Å². The van der Waals surface area contributed by atoms with Crippen molar-refractivity contribution in [2.75, 3.05) is 6.54 Å². The van der Waals surface area contributed by atoms with Crippen LogP contribution in [0.2, 0.25) is 0 Å². The molecule has 0 unspecified atom stereocenters. The zero-order valence-corrected chi connectivity index (χ0v) is 13.3. The van der Waals surface area contributed by atoms with Crippen LogP contribution in [0.25, 0.3) is 11.1 Å². The maximum absolute atomic E-state index is 4.39. The molecule has 0 aliphatic carbocycles. The minimum Gasteiger partial charge on any atom is -0.294 e. The van der Waals surface area contributed by atoms with Crippen LogP contribution in [0.4, 0.5) is 0 Å². The van der Waals surface area contributed by atoms with Crippen LogP contribution in [0.1, 0.15) is 22.5 Å². The molecular weight excluding hydrogens is 284 g/mol. The molecule has 0 saturated carbocycles. The Morgan fingerprint density at radius 1 is 1.17 bits per heavy atom. The predicted molar refractivity (Wildman–Crippen MR) is 90.8 cm³/mol. The number of hydrogen-bond donors (Lipinski definition) is 1. The third-order valence-corrected chi connectivity index (χ3v) is 4.53. The van der Waals surface area contributed by atoms with E-state index in [0.29, 0.717) is 0 Å². The Morgan fingerprint density at radius 2 is 2.09 bits per heavy atom. The summed E-state index contributed by atoms with van der Waals surface area (Å²) in [5.41, 5.74) is 7.56. The van der Waals surface area contributed by atoms with Crippen LogP contribution in [-0.4, -0.2) is 26.6 Å². The third-order valence-electron chi connectivity index (χ3n) is 4.53. The molecule has 1 N–H and O–H groups in total. The van der Waals surface area contributed by atoms with Crippen LogP contribution in [0.5, 0.6) is 0 Å². The van der Waals surface area contributed by atoms with E-state index in [4.69, 9.17) is 0 Å².